The van der Waals surface area contributed by atoms with Crippen molar-refractivity contribution in [1.29, 1.82) is 0 Å². The second kappa shape index (κ2) is 6.74. The van der Waals surface area contributed by atoms with Crippen molar-refractivity contribution in [2.75, 3.05) is 13.1 Å². The van der Waals surface area contributed by atoms with Crippen LogP contribution in [-0.4, -0.2) is 36.0 Å². The van der Waals surface area contributed by atoms with E-state index in [1.807, 2.05) is 18.7 Å². The van der Waals surface area contributed by atoms with E-state index >= 15 is 0 Å². The number of likely N-dealkylation sites (tertiary alicyclic amines) is 1. The molecule has 0 aromatic carbocycles. The van der Waals surface area contributed by atoms with Gasteiger partial charge in [0.2, 0.25) is 5.91 Å². The number of piperidine rings is 1. The van der Waals surface area contributed by atoms with Gasteiger partial charge in [0.05, 0.1) is 0 Å². The Bertz CT molecular complexity index is 291. The molecule has 1 saturated carbocycles. The molecule has 1 saturated heterocycles. The standard InChI is InChI=1S/C16H30N2O/c1-12(2)16(19)18-9-7-15(8-10-18)17-13(3)11-14-5-4-6-14/h12-15,17H,4-11H2,1-3H3. The maximum Gasteiger partial charge on any atom is 0.225 e. The summed E-state index contributed by atoms with van der Waals surface area (Å²) in [6, 6.07) is 1.26. The molecule has 19 heavy (non-hydrogen) atoms. The predicted octanol–water partition coefficient (Wildman–Crippen LogP) is 2.80. The number of carbonyl (C=O) groups is 1. The third kappa shape index (κ3) is 4.20. The van der Waals surface area contributed by atoms with Gasteiger partial charge in [-0.25, -0.2) is 0 Å². The Kier molecular flexibility index (Phi) is 5.26. The van der Waals surface area contributed by atoms with Crippen molar-refractivity contribution in [3.63, 3.8) is 0 Å². The Hall–Kier alpha value is -0.570. The summed E-state index contributed by atoms with van der Waals surface area (Å²) in [5.41, 5.74) is 0. The van der Waals surface area contributed by atoms with Gasteiger partial charge in [-0.15, -0.1) is 0 Å². The maximum atomic E-state index is 11.9. The molecule has 2 rings (SSSR count). The lowest BCUT2D eigenvalue weighted by molar-refractivity contribution is -0.135. The van der Waals surface area contributed by atoms with Gasteiger partial charge in [-0.3, -0.25) is 4.79 Å². The number of nitrogens with zero attached hydrogens (tertiary/aromatic N) is 1. The van der Waals surface area contributed by atoms with Crippen LogP contribution in [-0.2, 0) is 4.79 Å². The monoisotopic (exact) mass is 266 g/mol. The van der Waals surface area contributed by atoms with Crippen LogP contribution in [0.25, 0.3) is 0 Å². The molecule has 1 aliphatic heterocycles. The van der Waals surface area contributed by atoms with Crippen molar-refractivity contribution in [1.82, 2.24) is 10.2 Å². The summed E-state index contributed by atoms with van der Waals surface area (Å²) in [7, 11) is 0. The van der Waals surface area contributed by atoms with Gasteiger partial charge in [0, 0.05) is 31.1 Å². The maximum absolute atomic E-state index is 11.9. The second-order valence-corrected chi connectivity index (χ2v) is 6.85. The molecule has 0 aromatic heterocycles. The van der Waals surface area contributed by atoms with Crippen LogP contribution >= 0.6 is 0 Å². The van der Waals surface area contributed by atoms with Gasteiger partial charge in [0.15, 0.2) is 0 Å². The van der Waals surface area contributed by atoms with E-state index in [4.69, 9.17) is 0 Å². The van der Waals surface area contributed by atoms with E-state index in [0.717, 1.165) is 31.8 Å². The van der Waals surface area contributed by atoms with E-state index < -0.39 is 0 Å². The van der Waals surface area contributed by atoms with Crippen LogP contribution in [0.4, 0.5) is 0 Å². The van der Waals surface area contributed by atoms with Crippen LogP contribution in [0.2, 0.25) is 0 Å². The third-order valence-corrected chi connectivity index (χ3v) is 4.73. The first-order chi connectivity index (χ1) is 9.06. The van der Waals surface area contributed by atoms with Crippen molar-refractivity contribution in [3.05, 3.63) is 0 Å². The normalized spacial score (nSPS) is 23.5. The van der Waals surface area contributed by atoms with Gasteiger partial charge in [-0.1, -0.05) is 33.1 Å². The van der Waals surface area contributed by atoms with Crippen LogP contribution in [0.3, 0.4) is 0 Å². The van der Waals surface area contributed by atoms with Crippen LogP contribution in [0.1, 0.15) is 59.3 Å². The minimum absolute atomic E-state index is 0.141. The summed E-state index contributed by atoms with van der Waals surface area (Å²) in [6.45, 7) is 8.18. The Morgan fingerprint density at radius 3 is 2.26 bits per heavy atom. The molecule has 1 unspecified atom stereocenters. The lowest BCUT2D eigenvalue weighted by Gasteiger charge is -2.36. The quantitative estimate of drug-likeness (QED) is 0.830. The highest BCUT2D eigenvalue weighted by Crippen LogP contribution is 2.30. The molecule has 1 atom stereocenters. The highest BCUT2D eigenvalue weighted by atomic mass is 16.2. The second-order valence-electron chi connectivity index (χ2n) is 6.85. The van der Waals surface area contributed by atoms with Crippen LogP contribution < -0.4 is 5.32 Å². The zero-order valence-corrected chi connectivity index (χ0v) is 12.8. The highest BCUT2D eigenvalue weighted by molar-refractivity contribution is 5.78. The summed E-state index contributed by atoms with van der Waals surface area (Å²) in [6.07, 6.45) is 7.89. The number of hydrogen-bond donors (Lipinski definition) is 1. The zero-order chi connectivity index (χ0) is 13.8. The molecule has 0 spiro atoms. The Morgan fingerprint density at radius 2 is 1.79 bits per heavy atom. The van der Waals surface area contributed by atoms with Gasteiger partial charge in [0.1, 0.15) is 0 Å². The first-order valence-electron chi connectivity index (χ1n) is 8.11. The number of rotatable bonds is 5. The lowest BCUT2D eigenvalue weighted by atomic mass is 9.81. The molecular formula is C16H30N2O. The fraction of sp³-hybridized carbons (Fsp3) is 0.938. The van der Waals surface area contributed by atoms with E-state index in [9.17, 15) is 4.79 Å². The molecule has 1 aliphatic carbocycles. The summed E-state index contributed by atoms with van der Waals surface area (Å²) in [5.74, 6) is 1.44. The summed E-state index contributed by atoms with van der Waals surface area (Å²) < 4.78 is 0. The third-order valence-electron chi connectivity index (χ3n) is 4.73. The molecule has 0 aromatic rings. The molecule has 3 nitrogen and oxygen atoms in total. The Labute approximate surface area is 118 Å². The summed E-state index contributed by atoms with van der Waals surface area (Å²) >= 11 is 0. The zero-order valence-electron chi connectivity index (χ0n) is 12.8. The Morgan fingerprint density at radius 1 is 1.16 bits per heavy atom. The average molecular weight is 266 g/mol. The molecule has 2 fully saturated rings. The fourth-order valence-electron chi connectivity index (χ4n) is 3.33. The van der Waals surface area contributed by atoms with E-state index in [1.165, 1.54) is 25.7 Å². The Balaban J connectivity index is 1.66. The van der Waals surface area contributed by atoms with E-state index in [2.05, 4.69) is 12.2 Å². The van der Waals surface area contributed by atoms with Crippen LogP contribution in [0.15, 0.2) is 0 Å². The number of amides is 1. The van der Waals surface area contributed by atoms with E-state index in [-0.39, 0.29) is 5.92 Å². The van der Waals surface area contributed by atoms with Gasteiger partial charge in [-0.05, 0) is 32.1 Å². The van der Waals surface area contributed by atoms with Crippen LogP contribution in [0, 0.1) is 11.8 Å². The molecule has 2 aliphatic rings. The molecule has 3 heteroatoms. The topological polar surface area (TPSA) is 32.3 Å². The predicted molar refractivity (Wildman–Crippen MR) is 79.0 cm³/mol. The van der Waals surface area contributed by atoms with Gasteiger partial charge in [-0.2, -0.15) is 0 Å². The van der Waals surface area contributed by atoms with Gasteiger partial charge < -0.3 is 10.2 Å². The lowest BCUT2D eigenvalue weighted by Crippen LogP contribution is -2.48. The average Bonchev–Trinajstić information content (AvgIpc) is 2.34. The van der Waals surface area contributed by atoms with Crippen molar-refractivity contribution >= 4 is 5.91 Å². The highest BCUT2D eigenvalue weighted by Gasteiger charge is 2.26. The molecule has 0 radical (unpaired) electrons. The van der Waals surface area contributed by atoms with Crippen molar-refractivity contribution in [2.45, 2.75) is 71.4 Å². The van der Waals surface area contributed by atoms with Gasteiger partial charge in [0.25, 0.3) is 0 Å². The molecular weight excluding hydrogens is 236 g/mol. The van der Waals surface area contributed by atoms with Crippen molar-refractivity contribution in [3.8, 4) is 0 Å². The smallest absolute Gasteiger partial charge is 0.225 e. The molecule has 1 N–H and O–H groups in total. The number of hydrogen-bond acceptors (Lipinski definition) is 2. The summed E-state index contributed by atoms with van der Waals surface area (Å²) in [5, 5.41) is 3.77. The first-order valence-corrected chi connectivity index (χ1v) is 8.11. The largest absolute Gasteiger partial charge is 0.342 e. The van der Waals surface area contributed by atoms with E-state index in [1.54, 1.807) is 0 Å². The first kappa shape index (κ1) is 14.8. The molecule has 1 amide bonds. The van der Waals surface area contributed by atoms with Crippen LogP contribution in [0.5, 0.6) is 0 Å². The minimum atomic E-state index is 0.141. The van der Waals surface area contributed by atoms with Gasteiger partial charge >= 0.3 is 0 Å². The SMILES string of the molecule is CC(CC1CCC1)NC1CCN(C(=O)C(C)C)CC1. The van der Waals surface area contributed by atoms with Crippen molar-refractivity contribution < 1.29 is 4.79 Å². The number of carbonyl (C=O) groups excluding carboxylic acids is 1. The molecule has 1 heterocycles. The number of nitrogens with one attached hydrogen (secondary N) is 1. The minimum Gasteiger partial charge on any atom is -0.342 e. The summed E-state index contributed by atoms with van der Waals surface area (Å²) in [4.78, 5) is 14.0. The molecule has 0 bridgehead atoms. The molecule has 110 valence electrons. The fourth-order valence-corrected chi connectivity index (χ4v) is 3.33. The van der Waals surface area contributed by atoms with Crippen molar-refractivity contribution in [2.24, 2.45) is 11.8 Å². The van der Waals surface area contributed by atoms with E-state index in [0.29, 0.717) is 18.0 Å².